The smallest absolute Gasteiger partial charge is 0.195 e. The van der Waals surface area contributed by atoms with Gasteiger partial charge in [-0.15, -0.1) is 0 Å². The highest BCUT2D eigenvalue weighted by Gasteiger charge is 2.20. The van der Waals surface area contributed by atoms with Crippen molar-refractivity contribution in [2.45, 2.75) is 0 Å². The van der Waals surface area contributed by atoms with Crippen molar-refractivity contribution in [1.29, 1.82) is 0 Å². The molecule has 0 aliphatic carbocycles. The van der Waals surface area contributed by atoms with E-state index in [1.165, 1.54) is 43.6 Å². The number of para-hydroxylation sites is 4. The maximum absolute atomic E-state index is 8.40. The van der Waals surface area contributed by atoms with Gasteiger partial charge in [-0.3, -0.25) is 0 Å². The summed E-state index contributed by atoms with van der Waals surface area (Å²) >= 11 is 0. The fraction of sp³-hybridized carbons (Fsp3) is 0. The number of aromatic nitrogens is 5. The maximum Gasteiger partial charge on any atom is 0.195 e. The summed E-state index contributed by atoms with van der Waals surface area (Å²) < 4.78 is 7.14. The SMILES string of the molecule is [C-]#[N+]c1cccc(-c2cc(-c3ccc(-c4ccc(-c5ccc(-n6c7ccc(-n8c9ccccc9c9ccccc98)cc7c7cc(-n8c9ccccc9c9ccccc98)ccc76)cc5)c([N+]#[C-])c4)cc3)nc(-c3cccc([N+]#[C-])c3)n2)c1. The van der Waals surface area contributed by atoms with Crippen LogP contribution in [0.2, 0.25) is 0 Å². The van der Waals surface area contributed by atoms with Gasteiger partial charge in [0.15, 0.2) is 22.9 Å². The van der Waals surface area contributed by atoms with Crippen LogP contribution in [0.3, 0.4) is 0 Å². The van der Waals surface area contributed by atoms with E-state index >= 15 is 0 Å². The Balaban J connectivity index is 0.800. The van der Waals surface area contributed by atoms with Gasteiger partial charge in [0.1, 0.15) is 0 Å². The Bertz CT molecular complexity index is 4860. The lowest BCUT2D eigenvalue weighted by atomic mass is 9.97. The lowest BCUT2D eigenvalue weighted by molar-refractivity contribution is 1.16. The first-order valence-corrected chi connectivity index (χ1v) is 26.6. The van der Waals surface area contributed by atoms with Crippen LogP contribution in [0.1, 0.15) is 0 Å². The minimum atomic E-state index is 0.487. The molecule has 0 aliphatic heterocycles. The lowest BCUT2D eigenvalue weighted by Gasteiger charge is -2.13. The van der Waals surface area contributed by atoms with Crippen LogP contribution in [0.25, 0.3) is 153 Å². The van der Waals surface area contributed by atoms with Crippen LogP contribution in [0, 0.1) is 19.7 Å². The molecule has 81 heavy (non-hydrogen) atoms. The monoisotopic (exact) mass is 1030 g/mol. The molecule has 0 N–H and O–H groups in total. The molecule has 0 unspecified atom stereocenters. The Kier molecular flexibility index (Phi) is 10.8. The Labute approximate surface area is 466 Å². The summed E-state index contributed by atoms with van der Waals surface area (Å²) in [7, 11) is 0. The molecule has 4 aromatic heterocycles. The second-order valence-corrected chi connectivity index (χ2v) is 20.2. The summed E-state index contributed by atoms with van der Waals surface area (Å²) in [6.45, 7) is 23.6. The van der Waals surface area contributed by atoms with E-state index in [2.05, 4.69) is 210 Å². The van der Waals surface area contributed by atoms with Crippen molar-refractivity contribution in [2.24, 2.45) is 0 Å². The first kappa shape index (κ1) is 46.7. The van der Waals surface area contributed by atoms with E-state index in [0.717, 1.165) is 77.8 Å². The number of hydrogen-bond donors (Lipinski definition) is 0. The van der Waals surface area contributed by atoms with Gasteiger partial charge < -0.3 is 13.7 Å². The van der Waals surface area contributed by atoms with Gasteiger partial charge in [0.2, 0.25) is 0 Å². The summed E-state index contributed by atoms with van der Waals surface area (Å²) in [5.41, 5.74) is 19.1. The molecule has 0 atom stereocenters. The van der Waals surface area contributed by atoms with Crippen LogP contribution in [0.5, 0.6) is 0 Å². The van der Waals surface area contributed by atoms with Crippen LogP contribution in [0.4, 0.5) is 17.1 Å². The van der Waals surface area contributed by atoms with Crippen LogP contribution >= 0.6 is 0 Å². The Morgan fingerprint density at radius 3 is 1.21 bits per heavy atom. The summed E-state index contributed by atoms with van der Waals surface area (Å²) in [6.07, 6.45) is 0. The van der Waals surface area contributed by atoms with Crippen LogP contribution < -0.4 is 0 Å². The molecule has 0 bridgehead atoms. The number of fused-ring (bicyclic) bond motifs is 9. The van der Waals surface area contributed by atoms with Crippen LogP contribution in [-0.4, -0.2) is 23.7 Å². The Hall–Kier alpha value is -11.6. The molecule has 8 nitrogen and oxygen atoms in total. The molecule has 0 fully saturated rings. The van der Waals surface area contributed by atoms with E-state index in [4.69, 9.17) is 29.7 Å². The predicted octanol–water partition coefficient (Wildman–Crippen LogP) is 19.8. The Morgan fingerprint density at radius 2 is 0.691 bits per heavy atom. The fourth-order valence-corrected chi connectivity index (χ4v) is 11.9. The zero-order valence-electron chi connectivity index (χ0n) is 43.3. The normalized spacial score (nSPS) is 11.4. The van der Waals surface area contributed by atoms with Crippen molar-refractivity contribution in [3.63, 3.8) is 0 Å². The molecular formula is C73H42N8. The van der Waals surface area contributed by atoms with Crippen molar-refractivity contribution in [3.8, 4) is 73.2 Å². The number of nitrogens with zero attached hydrogens (tertiary/aromatic N) is 8. The van der Waals surface area contributed by atoms with Gasteiger partial charge in [-0.05, 0) is 125 Å². The highest BCUT2D eigenvalue weighted by molar-refractivity contribution is 6.14. The molecule has 0 amide bonds. The molecule has 11 aromatic carbocycles. The van der Waals surface area contributed by atoms with Gasteiger partial charge in [-0.25, -0.2) is 24.5 Å². The second-order valence-electron chi connectivity index (χ2n) is 20.2. The number of benzene rings is 11. The van der Waals surface area contributed by atoms with E-state index in [0.29, 0.717) is 34.3 Å². The van der Waals surface area contributed by atoms with Gasteiger partial charge in [0.05, 0.1) is 64.2 Å². The third-order valence-corrected chi connectivity index (χ3v) is 15.7. The highest BCUT2D eigenvalue weighted by atomic mass is 15.0. The quantitative estimate of drug-likeness (QED) is 0.142. The standard InChI is InChI=1S/C73H42N8/c1-74-52-16-12-14-50(40-52)65-45-64(77-73(78-65)51-15-13-17-53(41-51)75-2)48-28-26-46(27-29-48)49-32-37-57(66(42-49)76-3)47-30-33-54(34-31-47)79-71-38-35-55(80-67-22-8-4-18-58(67)59-19-5-9-23-68(59)80)43-62(71)63-44-56(36-39-72(63)79)81-69-24-10-6-20-60(69)61-21-7-11-25-70(61)81/h4-45H. The van der Waals surface area contributed by atoms with Crippen molar-refractivity contribution < 1.29 is 0 Å². The predicted molar refractivity (Wildman–Crippen MR) is 331 cm³/mol. The molecule has 374 valence electrons. The number of hydrogen-bond acceptors (Lipinski definition) is 2. The molecule has 0 saturated heterocycles. The molecule has 0 saturated carbocycles. The number of rotatable bonds is 8. The minimum Gasteiger partial charge on any atom is -0.309 e. The molecule has 15 aromatic rings. The average molecular weight is 1030 g/mol. The van der Waals surface area contributed by atoms with E-state index in [1.807, 2.05) is 54.6 Å². The first-order chi connectivity index (χ1) is 40.0. The second kappa shape index (κ2) is 18.8. The van der Waals surface area contributed by atoms with E-state index in [9.17, 15) is 0 Å². The zero-order chi connectivity index (χ0) is 54.1. The van der Waals surface area contributed by atoms with Crippen molar-refractivity contribution in [2.75, 3.05) is 0 Å². The van der Waals surface area contributed by atoms with E-state index in [1.54, 1.807) is 18.2 Å². The largest absolute Gasteiger partial charge is 0.309 e. The molecule has 0 aliphatic rings. The minimum absolute atomic E-state index is 0.487. The lowest BCUT2D eigenvalue weighted by Crippen LogP contribution is -1.96. The van der Waals surface area contributed by atoms with Gasteiger partial charge in [0.25, 0.3) is 0 Å². The summed E-state index contributed by atoms with van der Waals surface area (Å²) in [5.74, 6) is 0.487. The third-order valence-electron chi connectivity index (χ3n) is 15.7. The molecule has 8 heteroatoms. The van der Waals surface area contributed by atoms with Crippen molar-refractivity contribution in [1.82, 2.24) is 23.7 Å². The van der Waals surface area contributed by atoms with Crippen LogP contribution in [-0.2, 0) is 0 Å². The molecule has 0 radical (unpaired) electrons. The van der Waals surface area contributed by atoms with Gasteiger partial charge in [-0.2, -0.15) is 0 Å². The maximum atomic E-state index is 8.40. The Morgan fingerprint density at radius 1 is 0.272 bits per heavy atom. The molecule has 0 spiro atoms. The fourth-order valence-electron chi connectivity index (χ4n) is 11.9. The average Bonchev–Trinajstić information content (AvgIpc) is 4.32. The molecular weight excluding hydrogens is 989 g/mol. The van der Waals surface area contributed by atoms with Gasteiger partial charge >= 0.3 is 0 Å². The van der Waals surface area contributed by atoms with Gasteiger partial charge in [0, 0.05) is 60.5 Å². The van der Waals surface area contributed by atoms with Gasteiger partial charge in [-0.1, -0.05) is 158 Å². The zero-order valence-corrected chi connectivity index (χ0v) is 43.3. The van der Waals surface area contributed by atoms with E-state index in [-0.39, 0.29) is 0 Å². The summed E-state index contributed by atoms with van der Waals surface area (Å²) in [6, 6.07) is 87.9. The first-order valence-electron chi connectivity index (χ1n) is 26.6. The third kappa shape index (κ3) is 7.73. The van der Waals surface area contributed by atoms with Crippen molar-refractivity contribution >= 4 is 82.5 Å². The molecule has 4 heterocycles. The highest BCUT2D eigenvalue weighted by Crippen LogP contribution is 2.42. The molecule has 15 rings (SSSR count). The van der Waals surface area contributed by atoms with E-state index < -0.39 is 0 Å². The summed E-state index contributed by atoms with van der Waals surface area (Å²) in [4.78, 5) is 21.2. The van der Waals surface area contributed by atoms with Crippen molar-refractivity contribution in [3.05, 3.63) is 289 Å². The van der Waals surface area contributed by atoms with Crippen LogP contribution in [0.15, 0.2) is 255 Å². The summed E-state index contributed by atoms with van der Waals surface area (Å²) in [5, 5.41) is 7.19. The topological polar surface area (TPSA) is 53.6 Å².